The molecule has 0 aliphatic carbocycles. The van der Waals surface area contributed by atoms with Crippen molar-refractivity contribution in [3.8, 4) is 16.9 Å². The third-order valence-electron chi connectivity index (χ3n) is 5.21. The van der Waals surface area contributed by atoms with Gasteiger partial charge in [-0.05, 0) is 56.5 Å². The maximum Gasteiger partial charge on any atom is 0.347 e. The first-order valence-corrected chi connectivity index (χ1v) is 11.4. The highest BCUT2D eigenvalue weighted by Crippen LogP contribution is 2.34. The van der Waals surface area contributed by atoms with Crippen molar-refractivity contribution in [3.63, 3.8) is 0 Å². The van der Waals surface area contributed by atoms with E-state index in [1.165, 1.54) is 6.07 Å². The molecule has 0 aliphatic heterocycles. The van der Waals surface area contributed by atoms with Crippen molar-refractivity contribution >= 4 is 9.84 Å². The molecule has 0 fully saturated rings. The maximum absolute atomic E-state index is 12.8. The molecule has 0 saturated heterocycles. The van der Waals surface area contributed by atoms with Gasteiger partial charge < -0.3 is 9.52 Å². The summed E-state index contributed by atoms with van der Waals surface area (Å²) in [6, 6.07) is 11.8. The minimum absolute atomic E-state index is 0.0994. The molecule has 0 aliphatic rings. The molecule has 1 N–H and O–H groups in total. The summed E-state index contributed by atoms with van der Waals surface area (Å²) in [6.07, 6.45) is 0. The molecule has 1 aromatic heterocycles. The van der Waals surface area contributed by atoms with Crippen molar-refractivity contribution in [2.45, 2.75) is 45.4 Å². The number of aromatic hydroxyl groups is 1. The number of aryl methyl sites for hydroxylation is 4. The van der Waals surface area contributed by atoms with Crippen LogP contribution in [-0.2, 0) is 9.84 Å². The summed E-state index contributed by atoms with van der Waals surface area (Å²) in [5.74, 6) is -0.917. The first kappa shape index (κ1) is 21.8. The van der Waals surface area contributed by atoms with Crippen LogP contribution in [0.1, 0.15) is 40.9 Å². The van der Waals surface area contributed by atoms with Crippen LogP contribution >= 0.6 is 0 Å². The fourth-order valence-corrected chi connectivity index (χ4v) is 5.37. The standard InChI is InChI=1S/C24H26O5S/c1-14-6-8-19(9-7-14)30(27,28)13-18(5)21-12-20(25)23(24(26)29-21)22-16(3)10-15(2)11-17(22)4/h6-12,18,25H,13H2,1-5H3. The second-order valence-corrected chi connectivity index (χ2v) is 10.00. The lowest BCUT2D eigenvalue weighted by Gasteiger charge is -2.15. The van der Waals surface area contributed by atoms with E-state index in [9.17, 15) is 18.3 Å². The topological polar surface area (TPSA) is 84.6 Å². The average molecular weight is 427 g/mol. The zero-order chi connectivity index (χ0) is 22.2. The fraction of sp³-hybridized carbons (Fsp3) is 0.292. The smallest absolute Gasteiger partial charge is 0.347 e. The minimum atomic E-state index is -3.57. The molecule has 2 aromatic carbocycles. The van der Waals surface area contributed by atoms with Crippen molar-refractivity contribution in [1.29, 1.82) is 0 Å². The first-order chi connectivity index (χ1) is 14.0. The average Bonchev–Trinajstić information content (AvgIpc) is 2.63. The van der Waals surface area contributed by atoms with E-state index in [0.29, 0.717) is 5.56 Å². The molecular formula is C24H26O5S. The number of benzene rings is 2. The van der Waals surface area contributed by atoms with Gasteiger partial charge in [0.15, 0.2) is 9.84 Å². The van der Waals surface area contributed by atoms with Crippen LogP contribution in [0.2, 0.25) is 0 Å². The highest BCUT2D eigenvalue weighted by molar-refractivity contribution is 7.91. The summed E-state index contributed by atoms with van der Waals surface area (Å²) in [4.78, 5) is 13.0. The lowest BCUT2D eigenvalue weighted by Crippen LogP contribution is -2.15. The molecule has 0 bridgehead atoms. The molecule has 0 saturated carbocycles. The Balaban J connectivity index is 1.97. The van der Waals surface area contributed by atoms with Crippen LogP contribution in [0.4, 0.5) is 0 Å². The Hall–Kier alpha value is -2.86. The Labute approximate surface area is 176 Å². The van der Waals surface area contributed by atoms with E-state index < -0.39 is 21.4 Å². The molecule has 1 heterocycles. The van der Waals surface area contributed by atoms with E-state index >= 15 is 0 Å². The molecule has 3 aromatic rings. The Kier molecular flexibility index (Phi) is 5.90. The van der Waals surface area contributed by atoms with Crippen LogP contribution < -0.4 is 5.63 Å². The second kappa shape index (κ2) is 8.11. The molecule has 158 valence electrons. The van der Waals surface area contributed by atoms with Crippen LogP contribution in [0.3, 0.4) is 0 Å². The molecule has 1 atom stereocenters. The maximum atomic E-state index is 12.8. The molecule has 3 rings (SSSR count). The van der Waals surface area contributed by atoms with E-state index in [4.69, 9.17) is 4.42 Å². The number of hydrogen-bond donors (Lipinski definition) is 1. The Morgan fingerprint density at radius 1 is 0.900 bits per heavy atom. The number of sulfone groups is 1. The van der Waals surface area contributed by atoms with E-state index in [1.807, 2.05) is 39.8 Å². The summed E-state index contributed by atoms with van der Waals surface area (Å²) in [5, 5.41) is 10.6. The van der Waals surface area contributed by atoms with Gasteiger partial charge in [-0.1, -0.05) is 42.3 Å². The van der Waals surface area contributed by atoms with Crippen LogP contribution in [0.5, 0.6) is 5.75 Å². The summed E-state index contributed by atoms with van der Waals surface area (Å²) in [7, 11) is -3.57. The van der Waals surface area contributed by atoms with Crippen LogP contribution in [0.25, 0.3) is 11.1 Å². The van der Waals surface area contributed by atoms with E-state index in [1.54, 1.807) is 31.2 Å². The van der Waals surface area contributed by atoms with E-state index in [2.05, 4.69) is 0 Å². The Morgan fingerprint density at radius 2 is 1.47 bits per heavy atom. The number of hydrogen-bond acceptors (Lipinski definition) is 5. The van der Waals surface area contributed by atoms with Gasteiger partial charge in [-0.25, -0.2) is 13.2 Å². The summed E-state index contributed by atoms with van der Waals surface area (Å²) >= 11 is 0. The van der Waals surface area contributed by atoms with Gasteiger partial charge in [-0.2, -0.15) is 0 Å². The highest BCUT2D eigenvalue weighted by Gasteiger charge is 2.24. The van der Waals surface area contributed by atoms with Crippen LogP contribution in [-0.4, -0.2) is 19.3 Å². The molecule has 5 nitrogen and oxygen atoms in total. The number of rotatable bonds is 5. The van der Waals surface area contributed by atoms with Crippen LogP contribution in [0.15, 0.2) is 56.6 Å². The monoisotopic (exact) mass is 426 g/mol. The van der Waals surface area contributed by atoms with Gasteiger partial charge in [0.2, 0.25) is 0 Å². The molecule has 6 heteroatoms. The van der Waals surface area contributed by atoms with Gasteiger partial charge in [0.1, 0.15) is 17.1 Å². The van der Waals surface area contributed by atoms with Crippen molar-refractivity contribution < 1.29 is 17.9 Å². The third-order valence-corrected chi connectivity index (χ3v) is 7.14. The molecule has 1 unspecified atom stereocenters. The van der Waals surface area contributed by atoms with E-state index in [0.717, 1.165) is 22.3 Å². The van der Waals surface area contributed by atoms with Crippen LogP contribution in [0, 0.1) is 27.7 Å². The third kappa shape index (κ3) is 4.33. The second-order valence-electron chi connectivity index (χ2n) is 7.97. The van der Waals surface area contributed by atoms with Gasteiger partial charge in [-0.3, -0.25) is 0 Å². The highest BCUT2D eigenvalue weighted by atomic mass is 32.2. The molecular weight excluding hydrogens is 400 g/mol. The quantitative estimate of drug-likeness (QED) is 0.632. The largest absolute Gasteiger partial charge is 0.507 e. The van der Waals surface area contributed by atoms with Gasteiger partial charge in [0, 0.05) is 12.0 Å². The lowest BCUT2D eigenvalue weighted by molar-refractivity contribution is 0.414. The van der Waals surface area contributed by atoms with Gasteiger partial charge in [0.05, 0.1) is 10.6 Å². The van der Waals surface area contributed by atoms with E-state index in [-0.39, 0.29) is 27.7 Å². The van der Waals surface area contributed by atoms with Crippen molar-refractivity contribution in [1.82, 2.24) is 0 Å². The predicted molar refractivity (Wildman–Crippen MR) is 118 cm³/mol. The van der Waals surface area contributed by atoms with Crippen molar-refractivity contribution in [2.75, 3.05) is 5.75 Å². The molecule has 30 heavy (non-hydrogen) atoms. The summed E-state index contributed by atoms with van der Waals surface area (Å²) < 4.78 is 30.9. The Morgan fingerprint density at radius 3 is 2.00 bits per heavy atom. The molecule has 0 spiro atoms. The van der Waals surface area contributed by atoms with Gasteiger partial charge >= 0.3 is 5.63 Å². The van der Waals surface area contributed by atoms with Crippen molar-refractivity contribution in [3.05, 3.63) is 80.9 Å². The normalized spacial score (nSPS) is 12.7. The predicted octanol–water partition coefficient (Wildman–Crippen LogP) is 4.82. The first-order valence-electron chi connectivity index (χ1n) is 9.74. The zero-order valence-corrected chi connectivity index (χ0v) is 18.6. The SMILES string of the molecule is Cc1ccc(S(=O)(=O)CC(C)c2cc(O)c(-c3c(C)cc(C)cc3C)c(=O)o2)cc1. The minimum Gasteiger partial charge on any atom is -0.507 e. The summed E-state index contributed by atoms with van der Waals surface area (Å²) in [6.45, 7) is 9.25. The zero-order valence-electron chi connectivity index (χ0n) is 17.8. The lowest BCUT2D eigenvalue weighted by atomic mass is 9.94. The van der Waals surface area contributed by atoms with Crippen molar-refractivity contribution in [2.24, 2.45) is 0 Å². The van der Waals surface area contributed by atoms with Gasteiger partial charge in [-0.15, -0.1) is 0 Å². The molecule has 0 amide bonds. The fourth-order valence-electron chi connectivity index (χ4n) is 3.80. The Bertz CT molecular complexity index is 1230. The summed E-state index contributed by atoms with van der Waals surface area (Å²) in [5.41, 5.74) is 3.80. The van der Waals surface area contributed by atoms with Gasteiger partial charge in [0.25, 0.3) is 0 Å². The molecule has 0 radical (unpaired) electrons.